The maximum Gasteiger partial charge on any atom is 0.167 e. The summed E-state index contributed by atoms with van der Waals surface area (Å²) in [6.07, 6.45) is 9.44. The van der Waals surface area contributed by atoms with Gasteiger partial charge < -0.3 is 14.9 Å². The number of hydrogen-bond acceptors (Lipinski definition) is 8. The van der Waals surface area contributed by atoms with E-state index in [4.69, 9.17) is 20.0 Å². The van der Waals surface area contributed by atoms with E-state index in [1.165, 1.54) is 30.7 Å². The van der Waals surface area contributed by atoms with Crippen LogP contribution in [0.4, 0.5) is 5.82 Å². The molecule has 0 saturated heterocycles. The van der Waals surface area contributed by atoms with E-state index >= 15 is 0 Å². The van der Waals surface area contributed by atoms with Crippen molar-refractivity contribution < 1.29 is 9.15 Å². The van der Waals surface area contributed by atoms with Gasteiger partial charge in [0.15, 0.2) is 11.4 Å². The molecule has 0 atom stereocenters. The maximum absolute atomic E-state index is 6.26. The fourth-order valence-corrected chi connectivity index (χ4v) is 4.86. The van der Waals surface area contributed by atoms with Crippen molar-refractivity contribution >= 4 is 39.4 Å². The second-order valence-electron chi connectivity index (χ2n) is 7.40. The number of nitrogen functional groups attached to an aromatic ring is 1. The zero-order valence-corrected chi connectivity index (χ0v) is 16.8. The van der Waals surface area contributed by atoms with Gasteiger partial charge in [-0.2, -0.15) is 9.47 Å². The zero-order valence-electron chi connectivity index (χ0n) is 16.0. The number of nitrogens with two attached hydrogens (primary N) is 1. The van der Waals surface area contributed by atoms with Crippen LogP contribution in [0, 0.1) is 0 Å². The topological polar surface area (TPSA) is 105 Å². The number of nitrogens with zero attached hydrogens (tertiary/aromatic N) is 5. The van der Waals surface area contributed by atoms with Crippen molar-refractivity contribution in [2.45, 2.75) is 31.7 Å². The van der Waals surface area contributed by atoms with Crippen molar-refractivity contribution in [2.24, 2.45) is 0 Å². The average molecular weight is 418 g/mol. The molecule has 4 aromatic heterocycles. The Morgan fingerprint density at radius 1 is 1.13 bits per heavy atom. The molecule has 1 saturated carbocycles. The molecule has 0 bridgehead atoms. The first-order valence-corrected chi connectivity index (χ1v) is 10.6. The van der Waals surface area contributed by atoms with E-state index < -0.39 is 0 Å². The van der Waals surface area contributed by atoms with Gasteiger partial charge in [-0.05, 0) is 42.6 Å². The Morgan fingerprint density at radius 2 is 2.03 bits per heavy atom. The monoisotopic (exact) mass is 418 g/mol. The average Bonchev–Trinajstić information content (AvgIpc) is 3.53. The molecular weight excluding hydrogens is 400 g/mol. The molecule has 0 spiro atoms. The number of benzene rings is 1. The maximum atomic E-state index is 6.26. The second kappa shape index (κ2) is 6.81. The van der Waals surface area contributed by atoms with Crippen LogP contribution in [0.5, 0.6) is 11.5 Å². The highest BCUT2D eigenvalue weighted by Gasteiger charge is 2.27. The summed E-state index contributed by atoms with van der Waals surface area (Å²) >= 11 is 1.32. The van der Waals surface area contributed by atoms with Crippen LogP contribution in [0.15, 0.2) is 47.5 Å². The molecule has 6 rings (SSSR count). The molecule has 9 heteroatoms. The summed E-state index contributed by atoms with van der Waals surface area (Å²) in [5.41, 5.74) is 8.51. The summed E-state index contributed by atoms with van der Waals surface area (Å²) in [5, 5.41) is 6.59. The number of rotatable bonds is 4. The number of fused-ring (bicyclic) bond motifs is 2. The van der Waals surface area contributed by atoms with Crippen LogP contribution < -0.4 is 10.5 Å². The van der Waals surface area contributed by atoms with E-state index in [1.807, 2.05) is 28.9 Å². The van der Waals surface area contributed by atoms with Crippen molar-refractivity contribution in [1.82, 2.24) is 24.1 Å². The standard InChI is InChI=1S/C21H18N6O2S/c22-20-17-18(26-27(12-4-1-2-5-12)21(17)24-11-23-20)19-16(10-25-30-19)29-15-7-3-6-14-13(15)8-9-28-14/h3,6-12H,1-2,4-5H2,(H2,22,23,24). The Labute approximate surface area is 175 Å². The lowest BCUT2D eigenvalue weighted by Crippen LogP contribution is -2.07. The summed E-state index contributed by atoms with van der Waals surface area (Å²) in [5.74, 6) is 1.73. The highest BCUT2D eigenvalue weighted by atomic mass is 32.1. The van der Waals surface area contributed by atoms with Crippen molar-refractivity contribution in [3.8, 4) is 22.1 Å². The molecule has 150 valence electrons. The van der Waals surface area contributed by atoms with Crippen molar-refractivity contribution in [3.63, 3.8) is 0 Å². The third-order valence-electron chi connectivity index (χ3n) is 5.62. The van der Waals surface area contributed by atoms with Crippen LogP contribution in [-0.4, -0.2) is 24.1 Å². The summed E-state index contributed by atoms with van der Waals surface area (Å²) in [6.45, 7) is 0. The van der Waals surface area contributed by atoms with E-state index in [0.29, 0.717) is 29.1 Å². The number of hydrogen-bond donors (Lipinski definition) is 1. The molecule has 4 heterocycles. The molecule has 0 unspecified atom stereocenters. The van der Waals surface area contributed by atoms with Gasteiger partial charge in [0.2, 0.25) is 0 Å². The second-order valence-corrected chi connectivity index (χ2v) is 8.20. The van der Waals surface area contributed by atoms with Crippen LogP contribution in [0.25, 0.3) is 32.6 Å². The van der Waals surface area contributed by atoms with E-state index in [0.717, 1.165) is 39.7 Å². The Balaban J connectivity index is 1.49. The van der Waals surface area contributed by atoms with Crippen LogP contribution in [-0.2, 0) is 0 Å². The molecule has 1 aromatic carbocycles. The minimum Gasteiger partial charge on any atom is -0.464 e. The SMILES string of the molecule is Nc1ncnc2c1c(-c1sncc1Oc1cccc3occc13)nn2C1CCCC1. The van der Waals surface area contributed by atoms with Crippen molar-refractivity contribution in [3.05, 3.63) is 43.1 Å². The first kappa shape index (κ1) is 17.4. The Kier molecular flexibility index (Phi) is 3.95. The highest BCUT2D eigenvalue weighted by Crippen LogP contribution is 2.43. The quantitative estimate of drug-likeness (QED) is 0.428. The van der Waals surface area contributed by atoms with Gasteiger partial charge >= 0.3 is 0 Å². The third kappa shape index (κ3) is 2.66. The molecule has 5 aromatic rings. The molecule has 0 radical (unpaired) electrons. The van der Waals surface area contributed by atoms with Gasteiger partial charge in [-0.3, -0.25) is 0 Å². The van der Waals surface area contributed by atoms with Crippen molar-refractivity contribution in [1.29, 1.82) is 0 Å². The van der Waals surface area contributed by atoms with Gasteiger partial charge in [0, 0.05) is 0 Å². The molecule has 0 amide bonds. The minimum atomic E-state index is 0.326. The van der Waals surface area contributed by atoms with Gasteiger partial charge in [-0.1, -0.05) is 18.9 Å². The molecule has 0 aliphatic heterocycles. The summed E-state index contributed by atoms with van der Waals surface area (Å²) in [6, 6.07) is 7.93. The summed E-state index contributed by atoms with van der Waals surface area (Å²) < 4.78 is 18.1. The van der Waals surface area contributed by atoms with E-state index in [9.17, 15) is 0 Å². The van der Waals surface area contributed by atoms with Crippen LogP contribution in [0.3, 0.4) is 0 Å². The zero-order chi connectivity index (χ0) is 20.1. The number of anilines is 1. The van der Waals surface area contributed by atoms with E-state index in [2.05, 4.69) is 14.3 Å². The van der Waals surface area contributed by atoms with E-state index in [-0.39, 0.29) is 0 Å². The minimum absolute atomic E-state index is 0.326. The molecule has 1 fully saturated rings. The first-order chi connectivity index (χ1) is 14.8. The molecule has 8 nitrogen and oxygen atoms in total. The predicted molar refractivity (Wildman–Crippen MR) is 115 cm³/mol. The van der Waals surface area contributed by atoms with Crippen molar-refractivity contribution in [2.75, 3.05) is 5.73 Å². The third-order valence-corrected chi connectivity index (χ3v) is 6.41. The number of aromatic nitrogens is 5. The van der Waals surface area contributed by atoms with Crippen LogP contribution in [0.2, 0.25) is 0 Å². The van der Waals surface area contributed by atoms with E-state index in [1.54, 1.807) is 12.5 Å². The fraction of sp³-hybridized carbons (Fsp3) is 0.238. The van der Waals surface area contributed by atoms with Gasteiger partial charge in [0.1, 0.15) is 34.0 Å². The van der Waals surface area contributed by atoms with Gasteiger partial charge in [0.05, 0.1) is 29.3 Å². The molecule has 1 aliphatic rings. The van der Waals surface area contributed by atoms with Gasteiger partial charge in [-0.25, -0.2) is 14.6 Å². The van der Waals surface area contributed by atoms with Crippen LogP contribution in [0.1, 0.15) is 31.7 Å². The summed E-state index contributed by atoms with van der Waals surface area (Å²) in [7, 11) is 0. The lowest BCUT2D eigenvalue weighted by atomic mass is 10.2. The summed E-state index contributed by atoms with van der Waals surface area (Å²) in [4.78, 5) is 9.52. The van der Waals surface area contributed by atoms with Gasteiger partial charge in [0.25, 0.3) is 0 Å². The Hall–Kier alpha value is -3.46. The van der Waals surface area contributed by atoms with Gasteiger partial charge in [-0.15, -0.1) is 0 Å². The Morgan fingerprint density at radius 3 is 2.93 bits per heavy atom. The highest BCUT2D eigenvalue weighted by molar-refractivity contribution is 7.10. The normalized spacial score (nSPS) is 14.8. The Bertz CT molecular complexity index is 1360. The van der Waals surface area contributed by atoms with Crippen LogP contribution >= 0.6 is 11.5 Å². The molecule has 30 heavy (non-hydrogen) atoms. The largest absolute Gasteiger partial charge is 0.464 e. The lowest BCUT2D eigenvalue weighted by molar-refractivity contribution is 0.477. The fourth-order valence-electron chi connectivity index (χ4n) is 4.19. The number of ether oxygens (including phenoxy) is 1. The molecule has 1 aliphatic carbocycles. The smallest absolute Gasteiger partial charge is 0.167 e. The molecule has 2 N–H and O–H groups in total. The predicted octanol–water partition coefficient (Wildman–Crippen LogP) is 5.19. The first-order valence-electron chi connectivity index (χ1n) is 9.87. The number of furan rings is 1. The lowest BCUT2D eigenvalue weighted by Gasteiger charge is -2.10. The molecular formula is C21H18N6O2S.